The van der Waals surface area contributed by atoms with Gasteiger partial charge in [0.15, 0.2) is 6.61 Å². The van der Waals surface area contributed by atoms with Gasteiger partial charge in [-0.15, -0.1) is 12.4 Å². The Kier molecular flexibility index (Phi) is 8.96. The molecule has 1 N–H and O–H groups in total. The summed E-state index contributed by atoms with van der Waals surface area (Å²) in [6.45, 7) is 2.48. The van der Waals surface area contributed by atoms with Crippen molar-refractivity contribution < 1.29 is 14.3 Å². The molecule has 0 bridgehead atoms. The molecule has 0 aliphatic rings. The first-order valence-corrected chi connectivity index (χ1v) is 8.26. The van der Waals surface area contributed by atoms with E-state index in [0.717, 1.165) is 16.9 Å². The Morgan fingerprint density at radius 2 is 1.77 bits per heavy atom. The highest BCUT2D eigenvalue weighted by Crippen LogP contribution is 2.27. The third kappa shape index (κ3) is 6.24. The van der Waals surface area contributed by atoms with Gasteiger partial charge in [0.1, 0.15) is 11.5 Å². The van der Waals surface area contributed by atoms with E-state index >= 15 is 0 Å². The van der Waals surface area contributed by atoms with Crippen LogP contribution in [0.4, 0.5) is 0 Å². The number of likely N-dealkylation sites (N-methyl/N-ethyl adjacent to an activating group) is 1. The molecular weight excluding hydrogens is 352 g/mol. The fourth-order valence-corrected chi connectivity index (χ4v) is 2.56. The second kappa shape index (κ2) is 10.7. The van der Waals surface area contributed by atoms with E-state index in [1.807, 2.05) is 69.6 Å². The van der Waals surface area contributed by atoms with Crippen LogP contribution in [0.1, 0.15) is 17.2 Å². The van der Waals surface area contributed by atoms with E-state index in [-0.39, 0.29) is 31.0 Å². The zero-order chi connectivity index (χ0) is 18.2. The number of methoxy groups -OCH3 is 1. The molecule has 1 atom stereocenters. The fourth-order valence-electron chi connectivity index (χ4n) is 2.56. The van der Waals surface area contributed by atoms with Crippen LogP contribution in [0, 0.1) is 6.92 Å². The van der Waals surface area contributed by atoms with Gasteiger partial charge in [-0.3, -0.25) is 4.79 Å². The van der Waals surface area contributed by atoms with Crippen LogP contribution in [0.5, 0.6) is 11.5 Å². The van der Waals surface area contributed by atoms with Crippen LogP contribution in [-0.4, -0.2) is 45.2 Å². The minimum atomic E-state index is -0.151. The number of ether oxygens (including phenoxy) is 2. The van der Waals surface area contributed by atoms with E-state index in [1.54, 1.807) is 7.11 Å². The second-order valence-electron chi connectivity index (χ2n) is 6.13. The van der Waals surface area contributed by atoms with Crippen molar-refractivity contribution in [1.82, 2.24) is 10.2 Å². The Labute approximate surface area is 161 Å². The lowest BCUT2D eigenvalue weighted by Gasteiger charge is -2.26. The van der Waals surface area contributed by atoms with Crippen LogP contribution in [-0.2, 0) is 4.79 Å². The Balaban J connectivity index is 0.00000338. The zero-order valence-corrected chi connectivity index (χ0v) is 16.5. The number of halogens is 1. The summed E-state index contributed by atoms with van der Waals surface area (Å²) >= 11 is 0. The highest BCUT2D eigenvalue weighted by Gasteiger charge is 2.19. The number of nitrogens with zero attached hydrogens (tertiary/aromatic N) is 1. The summed E-state index contributed by atoms with van der Waals surface area (Å²) in [4.78, 5) is 14.2. The predicted octanol–water partition coefficient (Wildman–Crippen LogP) is 3.22. The number of carbonyl (C=O) groups is 1. The van der Waals surface area contributed by atoms with Crippen molar-refractivity contribution in [2.75, 3.05) is 34.4 Å². The van der Waals surface area contributed by atoms with E-state index in [9.17, 15) is 4.79 Å². The summed E-state index contributed by atoms with van der Waals surface area (Å²) in [7, 11) is 5.61. The van der Waals surface area contributed by atoms with Crippen LogP contribution in [0.2, 0.25) is 0 Å². The molecule has 0 saturated heterocycles. The number of benzene rings is 2. The van der Waals surface area contributed by atoms with Gasteiger partial charge in [-0.25, -0.2) is 0 Å². The van der Waals surface area contributed by atoms with Crippen molar-refractivity contribution >= 4 is 18.3 Å². The maximum atomic E-state index is 12.1. The van der Waals surface area contributed by atoms with Crippen molar-refractivity contribution in [3.63, 3.8) is 0 Å². The van der Waals surface area contributed by atoms with Gasteiger partial charge in [0, 0.05) is 12.1 Å². The topological polar surface area (TPSA) is 50.8 Å². The average molecular weight is 379 g/mol. The highest BCUT2D eigenvalue weighted by molar-refractivity contribution is 5.85. The molecule has 0 radical (unpaired) electrons. The number of carbonyl (C=O) groups excluding carboxylic acids is 1. The van der Waals surface area contributed by atoms with Crippen LogP contribution < -0.4 is 14.8 Å². The van der Waals surface area contributed by atoms with E-state index in [0.29, 0.717) is 12.3 Å². The lowest BCUT2D eigenvalue weighted by molar-refractivity contribution is -0.123. The molecule has 5 nitrogen and oxygen atoms in total. The zero-order valence-electron chi connectivity index (χ0n) is 15.7. The maximum absolute atomic E-state index is 12.1. The lowest BCUT2D eigenvalue weighted by Crippen LogP contribution is -2.37. The summed E-state index contributed by atoms with van der Waals surface area (Å²) in [5, 5.41) is 2.93. The molecule has 0 fully saturated rings. The van der Waals surface area contributed by atoms with Crippen molar-refractivity contribution in [2.45, 2.75) is 13.0 Å². The standard InChI is InChI=1S/C20H26N2O3.ClH/c1-15-9-11-16(12-10-15)25-14-20(23)21-13-18(22(2)3)17-7-5-6-8-19(17)24-4;/h5-12,18H,13-14H2,1-4H3,(H,21,23);1H. The van der Waals surface area contributed by atoms with Crippen molar-refractivity contribution in [3.05, 3.63) is 59.7 Å². The molecule has 2 aromatic rings. The normalized spacial score (nSPS) is 11.4. The number of para-hydroxylation sites is 1. The monoisotopic (exact) mass is 378 g/mol. The summed E-state index contributed by atoms with van der Waals surface area (Å²) in [6, 6.07) is 15.5. The molecule has 0 heterocycles. The average Bonchev–Trinajstić information content (AvgIpc) is 2.61. The van der Waals surface area contributed by atoms with Crippen LogP contribution >= 0.6 is 12.4 Å². The number of amides is 1. The van der Waals surface area contributed by atoms with E-state index in [2.05, 4.69) is 10.2 Å². The molecule has 0 saturated carbocycles. The fraction of sp³-hybridized carbons (Fsp3) is 0.350. The SMILES string of the molecule is COc1ccccc1C(CNC(=O)COc1ccc(C)cc1)N(C)C.Cl. The first kappa shape index (κ1) is 21.8. The van der Waals surface area contributed by atoms with Gasteiger partial charge in [0.05, 0.1) is 13.2 Å². The molecule has 0 aliphatic heterocycles. The van der Waals surface area contributed by atoms with Gasteiger partial charge in [-0.05, 0) is 39.2 Å². The smallest absolute Gasteiger partial charge is 0.258 e. The molecule has 0 aromatic heterocycles. The lowest BCUT2D eigenvalue weighted by atomic mass is 10.0. The van der Waals surface area contributed by atoms with Crippen LogP contribution in [0.3, 0.4) is 0 Å². The quantitative estimate of drug-likeness (QED) is 0.766. The number of hydrogen-bond acceptors (Lipinski definition) is 4. The molecule has 26 heavy (non-hydrogen) atoms. The van der Waals surface area contributed by atoms with E-state index in [4.69, 9.17) is 9.47 Å². The molecule has 1 amide bonds. The van der Waals surface area contributed by atoms with Gasteiger partial charge >= 0.3 is 0 Å². The Hall–Kier alpha value is -2.24. The first-order chi connectivity index (χ1) is 12.0. The largest absolute Gasteiger partial charge is 0.496 e. The first-order valence-electron chi connectivity index (χ1n) is 8.26. The summed E-state index contributed by atoms with van der Waals surface area (Å²) in [5.41, 5.74) is 2.19. The van der Waals surface area contributed by atoms with Gasteiger partial charge in [0.25, 0.3) is 5.91 Å². The highest BCUT2D eigenvalue weighted by atomic mass is 35.5. The van der Waals surface area contributed by atoms with E-state index in [1.165, 1.54) is 0 Å². The van der Waals surface area contributed by atoms with Gasteiger partial charge in [-0.2, -0.15) is 0 Å². The minimum absolute atomic E-state index is 0. The number of aryl methyl sites for hydroxylation is 1. The Bertz CT molecular complexity index is 690. The summed E-state index contributed by atoms with van der Waals surface area (Å²) in [5.74, 6) is 1.35. The maximum Gasteiger partial charge on any atom is 0.258 e. The molecule has 142 valence electrons. The minimum Gasteiger partial charge on any atom is -0.496 e. The van der Waals surface area contributed by atoms with Crippen molar-refractivity contribution in [2.24, 2.45) is 0 Å². The van der Waals surface area contributed by atoms with Crippen LogP contribution in [0.25, 0.3) is 0 Å². The number of rotatable bonds is 8. The van der Waals surface area contributed by atoms with Crippen molar-refractivity contribution in [1.29, 1.82) is 0 Å². The summed E-state index contributed by atoms with van der Waals surface area (Å²) in [6.07, 6.45) is 0. The van der Waals surface area contributed by atoms with Crippen LogP contribution in [0.15, 0.2) is 48.5 Å². The summed E-state index contributed by atoms with van der Waals surface area (Å²) < 4.78 is 10.9. The molecule has 1 unspecified atom stereocenters. The molecular formula is C20H27ClN2O3. The number of hydrogen-bond donors (Lipinski definition) is 1. The predicted molar refractivity (Wildman–Crippen MR) is 106 cm³/mol. The van der Waals surface area contributed by atoms with Gasteiger partial charge in [-0.1, -0.05) is 35.9 Å². The second-order valence-corrected chi connectivity index (χ2v) is 6.13. The van der Waals surface area contributed by atoms with Gasteiger partial charge < -0.3 is 19.7 Å². The Morgan fingerprint density at radius 1 is 1.12 bits per heavy atom. The Morgan fingerprint density at radius 3 is 2.38 bits per heavy atom. The molecule has 2 aromatic carbocycles. The molecule has 6 heteroatoms. The third-order valence-corrected chi connectivity index (χ3v) is 4.00. The van der Waals surface area contributed by atoms with Gasteiger partial charge in [0.2, 0.25) is 0 Å². The van der Waals surface area contributed by atoms with E-state index < -0.39 is 0 Å². The van der Waals surface area contributed by atoms with Crippen molar-refractivity contribution in [3.8, 4) is 11.5 Å². The molecule has 2 rings (SSSR count). The third-order valence-electron chi connectivity index (χ3n) is 4.00. The number of nitrogens with one attached hydrogen (secondary N) is 1. The molecule has 0 aliphatic carbocycles. The molecule has 0 spiro atoms.